The lowest BCUT2D eigenvalue weighted by atomic mass is 10.1. The average molecular weight is 237 g/mol. The standard InChI is InChI=1S/C15H13N.C2H6/c1-11-13-9-5-6-10-14(13)16-15(11)12-7-3-2-4-8-12;1-2/h2-10,16H,1H3;1-2H3. The molecule has 1 heterocycles. The van der Waals surface area contributed by atoms with Crippen molar-refractivity contribution in [1.82, 2.24) is 4.98 Å². The maximum atomic E-state index is 3.48. The highest BCUT2D eigenvalue weighted by Gasteiger charge is 2.07. The fourth-order valence-electron chi connectivity index (χ4n) is 2.18. The summed E-state index contributed by atoms with van der Waals surface area (Å²) in [5, 5.41) is 1.31. The number of aromatic amines is 1. The maximum Gasteiger partial charge on any atom is 0.0494 e. The van der Waals surface area contributed by atoms with Crippen LogP contribution < -0.4 is 0 Å². The van der Waals surface area contributed by atoms with Crippen molar-refractivity contribution in [3.8, 4) is 11.3 Å². The van der Waals surface area contributed by atoms with E-state index in [1.54, 1.807) is 0 Å². The van der Waals surface area contributed by atoms with E-state index in [0.717, 1.165) is 0 Å². The third-order valence-corrected chi connectivity index (χ3v) is 3.03. The van der Waals surface area contributed by atoms with Gasteiger partial charge >= 0.3 is 0 Å². The Balaban J connectivity index is 0.000000574. The van der Waals surface area contributed by atoms with Crippen LogP contribution in [0.2, 0.25) is 0 Å². The second-order valence-electron chi connectivity index (χ2n) is 4.04. The summed E-state index contributed by atoms with van der Waals surface area (Å²) >= 11 is 0. The Morgan fingerprint density at radius 3 is 2.06 bits per heavy atom. The maximum absolute atomic E-state index is 3.48. The van der Waals surface area contributed by atoms with Gasteiger partial charge in [0.15, 0.2) is 0 Å². The fourth-order valence-corrected chi connectivity index (χ4v) is 2.18. The molecule has 92 valence electrons. The Kier molecular flexibility index (Phi) is 3.83. The van der Waals surface area contributed by atoms with E-state index in [9.17, 15) is 0 Å². The molecule has 3 aromatic rings. The summed E-state index contributed by atoms with van der Waals surface area (Å²) in [7, 11) is 0. The molecule has 0 atom stereocenters. The van der Waals surface area contributed by atoms with Gasteiger partial charge in [-0.25, -0.2) is 0 Å². The zero-order chi connectivity index (χ0) is 13.0. The molecule has 2 aromatic carbocycles. The molecule has 1 aromatic heterocycles. The predicted octanol–water partition coefficient (Wildman–Crippen LogP) is 5.17. The molecule has 1 nitrogen and oxygen atoms in total. The van der Waals surface area contributed by atoms with Gasteiger partial charge in [-0.1, -0.05) is 62.4 Å². The minimum Gasteiger partial charge on any atom is -0.354 e. The Morgan fingerprint density at radius 1 is 0.778 bits per heavy atom. The van der Waals surface area contributed by atoms with E-state index in [1.165, 1.54) is 27.7 Å². The molecule has 1 heteroatoms. The van der Waals surface area contributed by atoms with Crippen LogP contribution in [-0.2, 0) is 0 Å². The van der Waals surface area contributed by atoms with Crippen molar-refractivity contribution >= 4 is 10.9 Å². The minimum atomic E-state index is 1.21. The van der Waals surface area contributed by atoms with Crippen molar-refractivity contribution in [2.45, 2.75) is 20.8 Å². The number of nitrogens with one attached hydrogen (secondary N) is 1. The predicted molar refractivity (Wildman–Crippen MR) is 79.8 cm³/mol. The number of H-pyrrole nitrogens is 1. The van der Waals surface area contributed by atoms with Gasteiger partial charge in [-0.2, -0.15) is 0 Å². The molecule has 18 heavy (non-hydrogen) atoms. The smallest absolute Gasteiger partial charge is 0.0494 e. The van der Waals surface area contributed by atoms with Crippen LogP contribution in [0.4, 0.5) is 0 Å². The van der Waals surface area contributed by atoms with Crippen LogP contribution in [0.15, 0.2) is 54.6 Å². The van der Waals surface area contributed by atoms with Gasteiger partial charge in [0.1, 0.15) is 0 Å². The SMILES string of the molecule is CC.Cc1c(-c2ccccc2)[nH]c2ccccc12. The minimum absolute atomic E-state index is 1.21. The Bertz CT molecular complexity index is 620. The quantitative estimate of drug-likeness (QED) is 0.601. The van der Waals surface area contributed by atoms with E-state index in [2.05, 4.69) is 60.4 Å². The van der Waals surface area contributed by atoms with Crippen LogP contribution >= 0.6 is 0 Å². The first-order valence-corrected chi connectivity index (χ1v) is 6.49. The first kappa shape index (κ1) is 12.4. The molecule has 0 aliphatic heterocycles. The van der Waals surface area contributed by atoms with E-state index >= 15 is 0 Å². The zero-order valence-electron chi connectivity index (χ0n) is 11.2. The number of hydrogen-bond acceptors (Lipinski definition) is 0. The summed E-state index contributed by atoms with van der Waals surface area (Å²) in [4.78, 5) is 3.48. The molecular weight excluding hydrogens is 218 g/mol. The van der Waals surface area contributed by atoms with Gasteiger partial charge in [-0.05, 0) is 24.1 Å². The van der Waals surface area contributed by atoms with Gasteiger partial charge in [-0.3, -0.25) is 0 Å². The van der Waals surface area contributed by atoms with Crippen molar-refractivity contribution in [2.24, 2.45) is 0 Å². The van der Waals surface area contributed by atoms with E-state index in [0.29, 0.717) is 0 Å². The van der Waals surface area contributed by atoms with Gasteiger partial charge < -0.3 is 4.98 Å². The molecule has 1 N–H and O–H groups in total. The highest BCUT2D eigenvalue weighted by molar-refractivity contribution is 5.90. The molecule has 0 saturated carbocycles. The highest BCUT2D eigenvalue weighted by Crippen LogP contribution is 2.28. The highest BCUT2D eigenvalue weighted by atomic mass is 14.7. The van der Waals surface area contributed by atoms with Crippen molar-refractivity contribution in [3.63, 3.8) is 0 Å². The lowest BCUT2D eigenvalue weighted by Crippen LogP contribution is -1.78. The summed E-state index contributed by atoms with van der Waals surface area (Å²) in [6.45, 7) is 6.17. The number of aromatic nitrogens is 1. The van der Waals surface area contributed by atoms with Gasteiger partial charge in [0, 0.05) is 16.6 Å². The van der Waals surface area contributed by atoms with E-state index < -0.39 is 0 Å². The molecule has 0 fully saturated rings. The second kappa shape index (κ2) is 5.54. The molecule has 0 radical (unpaired) electrons. The average Bonchev–Trinajstić information content (AvgIpc) is 2.80. The van der Waals surface area contributed by atoms with Crippen molar-refractivity contribution in [3.05, 3.63) is 60.2 Å². The van der Waals surface area contributed by atoms with Crippen LogP contribution in [0.3, 0.4) is 0 Å². The third-order valence-electron chi connectivity index (χ3n) is 3.03. The summed E-state index contributed by atoms with van der Waals surface area (Å²) in [6.07, 6.45) is 0. The summed E-state index contributed by atoms with van der Waals surface area (Å²) in [5.74, 6) is 0. The normalized spacial score (nSPS) is 9.94. The molecule has 3 rings (SSSR count). The third kappa shape index (κ3) is 2.17. The number of benzene rings is 2. The molecule has 0 saturated heterocycles. The molecule has 0 aliphatic rings. The van der Waals surface area contributed by atoms with E-state index in [4.69, 9.17) is 0 Å². The monoisotopic (exact) mass is 237 g/mol. The van der Waals surface area contributed by atoms with E-state index in [-0.39, 0.29) is 0 Å². The molecular formula is C17H19N. The van der Waals surface area contributed by atoms with Gasteiger partial charge in [0.25, 0.3) is 0 Å². The number of para-hydroxylation sites is 1. The summed E-state index contributed by atoms with van der Waals surface area (Å²) in [5.41, 5.74) is 5.00. The van der Waals surface area contributed by atoms with Crippen LogP contribution in [0.1, 0.15) is 19.4 Å². The topological polar surface area (TPSA) is 15.8 Å². The first-order valence-electron chi connectivity index (χ1n) is 6.49. The largest absolute Gasteiger partial charge is 0.354 e. The fraction of sp³-hybridized carbons (Fsp3) is 0.176. The lowest BCUT2D eigenvalue weighted by molar-refractivity contribution is 1.41. The molecule has 0 aliphatic carbocycles. The van der Waals surface area contributed by atoms with Crippen molar-refractivity contribution < 1.29 is 0 Å². The number of hydrogen-bond donors (Lipinski definition) is 1. The Hall–Kier alpha value is -2.02. The van der Waals surface area contributed by atoms with Crippen molar-refractivity contribution in [1.29, 1.82) is 0 Å². The molecule has 0 spiro atoms. The van der Waals surface area contributed by atoms with Crippen LogP contribution in [0, 0.1) is 6.92 Å². The first-order chi connectivity index (χ1) is 8.86. The van der Waals surface area contributed by atoms with Crippen LogP contribution in [0.25, 0.3) is 22.2 Å². The lowest BCUT2D eigenvalue weighted by Gasteiger charge is -1.99. The van der Waals surface area contributed by atoms with Gasteiger partial charge in [0.2, 0.25) is 0 Å². The van der Waals surface area contributed by atoms with Gasteiger partial charge in [0.05, 0.1) is 0 Å². The van der Waals surface area contributed by atoms with Crippen LogP contribution in [0.5, 0.6) is 0 Å². The van der Waals surface area contributed by atoms with Crippen molar-refractivity contribution in [2.75, 3.05) is 0 Å². The molecule has 0 amide bonds. The van der Waals surface area contributed by atoms with Gasteiger partial charge in [-0.15, -0.1) is 0 Å². The summed E-state index contributed by atoms with van der Waals surface area (Å²) in [6, 6.07) is 18.9. The second-order valence-corrected chi connectivity index (χ2v) is 4.04. The van der Waals surface area contributed by atoms with E-state index in [1.807, 2.05) is 19.9 Å². The Labute approximate surface area is 108 Å². The number of aryl methyl sites for hydroxylation is 1. The summed E-state index contributed by atoms with van der Waals surface area (Å²) < 4.78 is 0. The van der Waals surface area contributed by atoms with Crippen LogP contribution in [-0.4, -0.2) is 4.98 Å². The Morgan fingerprint density at radius 2 is 1.39 bits per heavy atom. The number of rotatable bonds is 1. The molecule has 0 bridgehead atoms. The zero-order valence-corrected chi connectivity index (χ0v) is 11.2. The molecule has 0 unspecified atom stereocenters. The number of fused-ring (bicyclic) bond motifs is 1.